The molecule has 1 saturated carbocycles. The lowest BCUT2D eigenvalue weighted by Crippen LogP contribution is -2.18. The molecule has 74 valence electrons. The molecule has 14 heavy (non-hydrogen) atoms. The first kappa shape index (κ1) is 8.34. The van der Waals surface area contributed by atoms with Crippen LogP contribution in [0.2, 0.25) is 0 Å². The Labute approximate surface area is 85.7 Å². The van der Waals surface area contributed by atoms with Crippen LogP contribution in [-0.4, -0.2) is 13.1 Å². The van der Waals surface area contributed by atoms with Crippen LogP contribution in [0.15, 0.2) is 24.3 Å². The van der Waals surface area contributed by atoms with Gasteiger partial charge < -0.3 is 4.90 Å². The fourth-order valence-corrected chi connectivity index (χ4v) is 2.47. The molecule has 0 radical (unpaired) electrons. The molecule has 0 amide bonds. The molecule has 1 aromatic carbocycles. The van der Waals surface area contributed by atoms with E-state index in [1.807, 2.05) is 0 Å². The fraction of sp³-hybridized carbons (Fsp3) is 0.538. The number of hydrogen-bond donors (Lipinski definition) is 0. The van der Waals surface area contributed by atoms with Crippen molar-refractivity contribution in [3.63, 3.8) is 0 Å². The minimum atomic E-state index is 0.881. The first-order chi connectivity index (χ1) is 6.95. The number of para-hydroxylation sites is 1. The molecule has 1 heteroatoms. The van der Waals surface area contributed by atoms with E-state index >= 15 is 0 Å². The second kappa shape index (κ2) is 3.30. The molecule has 0 bridgehead atoms. The molecule has 3 rings (SSSR count). The monoisotopic (exact) mass is 187 g/mol. The Morgan fingerprint density at radius 2 is 1.71 bits per heavy atom. The van der Waals surface area contributed by atoms with Gasteiger partial charge in [0.15, 0.2) is 0 Å². The highest BCUT2D eigenvalue weighted by atomic mass is 15.1. The highest BCUT2D eigenvalue weighted by Gasteiger charge is 2.27. The second-order valence-electron chi connectivity index (χ2n) is 4.53. The van der Waals surface area contributed by atoms with Gasteiger partial charge in [0, 0.05) is 18.8 Å². The number of hydrogen-bond acceptors (Lipinski definition) is 1. The topological polar surface area (TPSA) is 3.24 Å². The molecule has 1 aliphatic carbocycles. The van der Waals surface area contributed by atoms with Gasteiger partial charge in [-0.1, -0.05) is 18.2 Å². The smallest absolute Gasteiger partial charge is 0.0401 e. The Morgan fingerprint density at radius 3 is 2.43 bits per heavy atom. The van der Waals surface area contributed by atoms with Gasteiger partial charge in [-0.2, -0.15) is 0 Å². The second-order valence-corrected chi connectivity index (χ2v) is 4.53. The zero-order valence-corrected chi connectivity index (χ0v) is 8.58. The molecular formula is C13H17N. The quantitative estimate of drug-likeness (QED) is 0.687. The van der Waals surface area contributed by atoms with Crippen LogP contribution in [0.1, 0.15) is 37.2 Å². The van der Waals surface area contributed by atoms with Gasteiger partial charge in [0.25, 0.3) is 0 Å². The van der Waals surface area contributed by atoms with E-state index in [9.17, 15) is 0 Å². The Morgan fingerprint density at radius 1 is 1.00 bits per heavy atom. The average molecular weight is 187 g/mol. The zero-order chi connectivity index (χ0) is 9.38. The van der Waals surface area contributed by atoms with Gasteiger partial charge in [-0.25, -0.2) is 0 Å². The van der Waals surface area contributed by atoms with E-state index in [-0.39, 0.29) is 0 Å². The predicted molar refractivity (Wildman–Crippen MR) is 59.9 cm³/mol. The van der Waals surface area contributed by atoms with Crippen LogP contribution in [-0.2, 0) is 0 Å². The normalized spacial score (nSPS) is 21.6. The lowest BCUT2D eigenvalue weighted by Gasteiger charge is -2.21. The molecule has 0 aromatic heterocycles. The number of rotatable bonds is 2. The summed E-state index contributed by atoms with van der Waals surface area (Å²) in [4.78, 5) is 2.56. The fourth-order valence-electron chi connectivity index (χ4n) is 2.47. The third-order valence-corrected chi connectivity index (χ3v) is 3.40. The summed E-state index contributed by atoms with van der Waals surface area (Å²) in [7, 11) is 0. The van der Waals surface area contributed by atoms with Crippen molar-refractivity contribution in [1.29, 1.82) is 0 Å². The molecule has 1 aliphatic heterocycles. The predicted octanol–water partition coefficient (Wildman–Crippen LogP) is 3.16. The van der Waals surface area contributed by atoms with Gasteiger partial charge in [-0.15, -0.1) is 0 Å². The van der Waals surface area contributed by atoms with Gasteiger partial charge in [0.2, 0.25) is 0 Å². The van der Waals surface area contributed by atoms with E-state index in [0.29, 0.717) is 0 Å². The Balaban J connectivity index is 1.94. The zero-order valence-electron chi connectivity index (χ0n) is 8.58. The summed E-state index contributed by atoms with van der Waals surface area (Å²) in [5.74, 6) is 0.881. The van der Waals surface area contributed by atoms with Crippen molar-refractivity contribution in [3.8, 4) is 0 Å². The van der Waals surface area contributed by atoms with E-state index in [2.05, 4.69) is 29.2 Å². The summed E-state index contributed by atoms with van der Waals surface area (Å²) >= 11 is 0. The summed E-state index contributed by atoms with van der Waals surface area (Å²) in [6, 6.07) is 9.00. The van der Waals surface area contributed by atoms with Gasteiger partial charge in [0.1, 0.15) is 0 Å². The van der Waals surface area contributed by atoms with E-state index in [1.165, 1.54) is 44.5 Å². The Hall–Kier alpha value is -0.980. The van der Waals surface area contributed by atoms with Crippen molar-refractivity contribution >= 4 is 5.69 Å². The van der Waals surface area contributed by atoms with Gasteiger partial charge in [-0.05, 0) is 43.2 Å². The number of benzene rings is 1. The standard InChI is InChI=1S/C13H17N/c1-2-6-13(14-9-3-4-10-14)12(5-1)11-7-8-11/h1-2,5-6,11H,3-4,7-10H2. The minimum Gasteiger partial charge on any atom is -0.371 e. The molecule has 2 aliphatic rings. The highest BCUT2D eigenvalue weighted by Crippen LogP contribution is 2.44. The van der Waals surface area contributed by atoms with E-state index in [4.69, 9.17) is 0 Å². The maximum absolute atomic E-state index is 2.56. The number of anilines is 1. The van der Waals surface area contributed by atoms with Crippen LogP contribution in [0.4, 0.5) is 5.69 Å². The first-order valence-corrected chi connectivity index (χ1v) is 5.79. The van der Waals surface area contributed by atoms with Crippen molar-refractivity contribution in [2.45, 2.75) is 31.6 Å². The van der Waals surface area contributed by atoms with E-state index < -0.39 is 0 Å². The highest BCUT2D eigenvalue weighted by molar-refractivity contribution is 5.56. The molecule has 0 unspecified atom stereocenters. The van der Waals surface area contributed by atoms with Crippen LogP contribution in [0.5, 0.6) is 0 Å². The number of nitrogens with zero attached hydrogens (tertiary/aromatic N) is 1. The third kappa shape index (κ3) is 1.41. The molecule has 0 N–H and O–H groups in total. The van der Waals surface area contributed by atoms with Crippen molar-refractivity contribution in [2.75, 3.05) is 18.0 Å². The summed E-state index contributed by atoms with van der Waals surface area (Å²) in [6.07, 6.45) is 5.56. The van der Waals surface area contributed by atoms with Crippen LogP contribution < -0.4 is 4.90 Å². The van der Waals surface area contributed by atoms with Crippen molar-refractivity contribution in [2.24, 2.45) is 0 Å². The molecule has 0 atom stereocenters. The summed E-state index contributed by atoms with van der Waals surface area (Å²) < 4.78 is 0. The Kier molecular flexibility index (Phi) is 1.97. The molecule has 2 fully saturated rings. The summed E-state index contributed by atoms with van der Waals surface area (Å²) in [5.41, 5.74) is 3.13. The summed E-state index contributed by atoms with van der Waals surface area (Å²) in [5, 5.41) is 0. The molecule has 1 aromatic rings. The lowest BCUT2D eigenvalue weighted by molar-refractivity contribution is 0.946. The van der Waals surface area contributed by atoms with Crippen molar-refractivity contribution in [1.82, 2.24) is 0 Å². The molecule has 1 heterocycles. The largest absolute Gasteiger partial charge is 0.371 e. The Bertz CT molecular complexity index is 322. The SMILES string of the molecule is c1ccc(N2CCCC2)c(C2CC2)c1. The van der Waals surface area contributed by atoms with Gasteiger partial charge in [-0.3, -0.25) is 0 Å². The maximum atomic E-state index is 2.56. The summed E-state index contributed by atoms with van der Waals surface area (Å²) in [6.45, 7) is 2.54. The van der Waals surface area contributed by atoms with Gasteiger partial charge in [0.05, 0.1) is 0 Å². The van der Waals surface area contributed by atoms with Crippen LogP contribution in [0, 0.1) is 0 Å². The molecule has 1 nitrogen and oxygen atoms in total. The average Bonchev–Trinajstić information content (AvgIpc) is 2.94. The van der Waals surface area contributed by atoms with E-state index in [0.717, 1.165) is 5.92 Å². The lowest BCUT2D eigenvalue weighted by atomic mass is 10.1. The van der Waals surface area contributed by atoms with Crippen molar-refractivity contribution in [3.05, 3.63) is 29.8 Å². The first-order valence-electron chi connectivity index (χ1n) is 5.79. The van der Waals surface area contributed by atoms with Crippen molar-refractivity contribution < 1.29 is 0 Å². The molecule has 0 spiro atoms. The van der Waals surface area contributed by atoms with Crippen LogP contribution in [0.3, 0.4) is 0 Å². The maximum Gasteiger partial charge on any atom is 0.0401 e. The third-order valence-electron chi connectivity index (χ3n) is 3.40. The van der Waals surface area contributed by atoms with Crippen LogP contribution in [0.25, 0.3) is 0 Å². The molecular weight excluding hydrogens is 170 g/mol. The minimum absolute atomic E-state index is 0.881. The van der Waals surface area contributed by atoms with Gasteiger partial charge >= 0.3 is 0 Å². The molecule has 1 saturated heterocycles. The van der Waals surface area contributed by atoms with E-state index in [1.54, 1.807) is 5.56 Å². The van der Waals surface area contributed by atoms with Crippen LogP contribution >= 0.6 is 0 Å².